The molecule has 1 aromatic carbocycles. The Hall–Kier alpha value is -2.51. The van der Waals surface area contributed by atoms with E-state index in [9.17, 15) is 14.0 Å². The zero-order valence-electron chi connectivity index (χ0n) is 17.8. The number of benzene rings is 1. The predicted molar refractivity (Wildman–Crippen MR) is 115 cm³/mol. The SMILES string of the molecule is C[C@@H]1CN(CC(=O)N2CC(C)(C)c3cc(=O)n(Cc4ccc(F)cc4)cc32)CCN1. The molecule has 1 saturated heterocycles. The molecule has 0 saturated carbocycles. The first-order chi connectivity index (χ1) is 14.2. The van der Waals surface area contributed by atoms with Gasteiger partial charge < -0.3 is 14.8 Å². The van der Waals surface area contributed by atoms with Crippen molar-refractivity contribution < 1.29 is 9.18 Å². The van der Waals surface area contributed by atoms with Gasteiger partial charge in [0.1, 0.15) is 5.82 Å². The number of aromatic nitrogens is 1. The maximum Gasteiger partial charge on any atom is 0.251 e. The Balaban J connectivity index is 1.61. The van der Waals surface area contributed by atoms with Gasteiger partial charge in [-0.15, -0.1) is 0 Å². The summed E-state index contributed by atoms with van der Waals surface area (Å²) < 4.78 is 14.8. The highest BCUT2D eigenvalue weighted by atomic mass is 19.1. The zero-order chi connectivity index (χ0) is 21.5. The number of hydrogen-bond donors (Lipinski definition) is 1. The minimum Gasteiger partial charge on any atom is -0.312 e. The predicted octanol–water partition coefficient (Wildman–Crippen LogP) is 1.95. The number of amides is 1. The molecule has 7 heteroatoms. The Morgan fingerprint density at radius 1 is 1.27 bits per heavy atom. The van der Waals surface area contributed by atoms with Crippen molar-refractivity contribution in [3.05, 3.63) is 63.8 Å². The van der Waals surface area contributed by atoms with E-state index in [1.165, 1.54) is 12.1 Å². The van der Waals surface area contributed by atoms with Gasteiger partial charge in [-0.2, -0.15) is 0 Å². The van der Waals surface area contributed by atoms with Crippen LogP contribution in [0.4, 0.5) is 10.1 Å². The van der Waals surface area contributed by atoms with Crippen LogP contribution >= 0.6 is 0 Å². The van der Waals surface area contributed by atoms with E-state index < -0.39 is 0 Å². The molecule has 2 aliphatic heterocycles. The largest absolute Gasteiger partial charge is 0.312 e. The van der Waals surface area contributed by atoms with Crippen molar-refractivity contribution in [3.63, 3.8) is 0 Å². The van der Waals surface area contributed by atoms with Gasteiger partial charge in [0.25, 0.3) is 5.56 Å². The number of halogens is 1. The third-order valence-corrected chi connectivity index (χ3v) is 6.06. The van der Waals surface area contributed by atoms with Gasteiger partial charge in [-0.05, 0) is 30.2 Å². The maximum atomic E-state index is 13.2. The Bertz CT molecular complexity index is 999. The summed E-state index contributed by atoms with van der Waals surface area (Å²) in [6, 6.07) is 8.15. The number of nitrogens with zero attached hydrogens (tertiary/aromatic N) is 3. The number of carbonyl (C=O) groups is 1. The molecule has 4 rings (SSSR count). The van der Waals surface area contributed by atoms with E-state index in [1.807, 2.05) is 4.90 Å². The molecule has 0 bridgehead atoms. The molecular weight excluding hydrogens is 383 g/mol. The Kier molecular flexibility index (Phi) is 5.51. The molecular formula is C23H29FN4O2. The fourth-order valence-corrected chi connectivity index (χ4v) is 4.45. The lowest BCUT2D eigenvalue weighted by molar-refractivity contribution is -0.120. The van der Waals surface area contributed by atoms with Gasteiger partial charge in [-0.1, -0.05) is 26.0 Å². The molecule has 6 nitrogen and oxygen atoms in total. The lowest BCUT2D eigenvalue weighted by atomic mass is 9.87. The van der Waals surface area contributed by atoms with Gasteiger partial charge in [-0.25, -0.2) is 4.39 Å². The van der Waals surface area contributed by atoms with Gasteiger partial charge in [0.15, 0.2) is 0 Å². The quantitative estimate of drug-likeness (QED) is 0.834. The van der Waals surface area contributed by atoms with Crippen molar-refractivity contribution in [2.45, 2.75) is 38.8 Å². The van der Waals surface area contributed by atoms with Gasteiger partial charge in [0.2, 0.25) is 5.91 Å². The fraction of sp³-hybridized carbons (Fsp3) is 0.478. The van der Waals surface area contributed by atoms with E-state index in [1.54, 1.807) is 29.0 Å². The van der Waals surface area contributed by atoms with E-state index >= 15 is 0 Å². The van der Waals surface area contributed by atoms with E-state index in [0.29, 0.717) is 25.7 Å². The van der Waals surface area contributed by atoms with Gasteiger partial charge in [0.05, 0.1) is 18.8 Å². The highest BCUT2D eigenvalue weighted by Crippen LogP contribution is 2.39. The second kappa shape index (κ2) is 7.96. The highest BCUT2D eigenvalue weighted by Gasteiger charge is 2.39. The Morgan fingerprint density at radius 3 is 2.70 bits per heavy atom. The molecule has 0 aliphatic carbocycles. The summed E-state index contributed by atoms with van der Waals surface area (Å²) in [4.78, 5) is 29.9. The minimum atomic E-state index is -0.305. The highest BCUT2D eigenvalue weighted by molar-refractivity contribution is 5.97. The molecule has 0 spiro atoms. The number of pyridine rings is 1. The molecule has 1 atom stereocenters. The molecule has 2 aliphatic rings. The summed E-state index contributed by atoms with van der Waals surface area (Å²) in [5, 5.41) is 3.40. The lowest BCUT2D eigenvalue weighted by Crippen LogP contribution is -2.52. The average molecular weight is 413 g/mol. The number of carbonyl (C=O) groups excluding carboxylic acids is 1. The molecule has 1 aromatic heterocycles. The lowest BCUT2D eigenvalue weighted by Gasteiger charge is -2.32. The molecule has 0 radical (unpaired) electrons. The molecule has 2 aromatic rings. The molecule has 1 amide bonds. The molecule has 30 heavy (non-hydrogen) atoms. The van der Waals surface area contributed by atoms with Crippen molar-refractivity contribution >= 4 is 11.6 Å². The summed E-state index contributed by atoms with van der Waals surface area (Å²) in [6.07, 6.45) is 1.79. The van der Waals surface area contributed by atoms with Crippen LogP contribution in [-0.4, -0.2) is 54.1 Å². The minimum absolute atomic E-state index is 0.0582. The molecule has 1 fully saturated rings. The monoisotopic (exact) mass is 412 g/mol. The van der Waals surface area contributed by atoms with Crippen LogP contribution in [0.1, 0.15) is 31.9 Å². The van der Waals surface area contributed by atoms with E-state index in [-0.39, 0.29) is 22.7 Å². The second-order valence-corrected chi connectivity index (χ2v) is 9.12. The van der Waals surface area contributed by atoms with Crippen LogP contribution in [0.3, 0.4) is 0 Å². The third-order valence-electron chi connectivity index (χ3n) is 6.06. The van der Waals surface area contributed by atoms with Crippen LogP contribution in [0.25, 0.3) is 0 Å². The van der Waals surface area contributed by atoms with Crippen molar-refractivity contribution in [1.29, 1.82) is 0 Å². The van der Waals surface area contributed by atoms with Crippen molar-refractivity contribution in [2.24, 2.45) is 0 Å². The van der Waals surface area contributed by atoms with Crippen LogP contribution in [0.15, 0.2) is 41.3 Å². The number of piperazine rings is 1. The topological polar surface area (TPSA) is 57.6 Å². The number of rotatable bonds is 4. The summed E-state index contributed by atoms with van der Waals surface area (Å²) >= 11 is 0. The fourth-order valence-electron chi connectivity index (χ4n) is 4.45. The Labute approximate surface area is 176 Å². The van der Waals surface area contributed by atoms with E-state index in [2.05, 4.69) is 31.0 Å². The van der Waals surface area contributed by atoms with Gasteiger partial charge in [-0.3, -0.25) is 14.5 Å². The molecule has 0 unspecified atom stereocenters. The maximum absolute atomic E-state index is 13.2. The van der Waals surface area contributed by atoms with Crippen LogP contribution in [0, 0.1) is 5.82 Å². The van der Waals surface area contributed by atoms with E-state index in [4.69, 9.17) is 0 Å². The number of hydrogen-bond acceptors (Lipinski definition) is 4. The van der Waals surface area contributed by atoms with Crippen LogP contribution in [-0.2, 0) is 16.8 Å². The summed E-state index contributed by atoms with van der Waals surface area (Å²) in [5.41, 5.74) is 2.15. The van der Waals surface area contributed by atoms with Crippen LogP contribution in [0.2, 0.25) is 0 Å². The van der Waals surface area contributed by atoms with Crippen LogP contribution in [0.5, 0.6) is 0 Å². The van der Waals surface area contributed by atoms with Gasteiger partial charge >= 0.3 is 0 Å². The first kappa shape index (κ1) is 20.8. The first-order valence-electron chi connectivity index (χ1n) is 10.5. The smallest absolute Gasteiger partial charge is 0.251 e. The zero-order valence-corrected chi connectivity index (χ0v) is 17.8. The molecule has 1 N–H and O–H groups in total. The number of fused-ring (bicyclic) bond motifs is 1. The normalized spacial score (nSPS) is 20.9. The Morgan fingerprint density at radius 2 is 2.00 bits per heavy atom. The summed E-state index contributed by atoms with van der Waals surface area (Å²) in [6.45, 7) is 10.1. The summed E-state index contributed by atoms with van der Waals surface area (Å²) in [5.74, 6) is -0.247. The number of nitrogens with one attached hydrogen (secondary N) is 1. The first-order valence-corrected chi connectivity index (χ1v) is 10.5. The third kappa shape index (κ3) is 4.18. The van der Waals surface area contributed by atoms with Gasteiger partial charge in [0, 0.05) is 49.9 Å². The van der Waals surface area contributed by atoms with Crippen LogP contribution < -0.4 is 15.8 Å². The van der Waals surface area contributed by atoms with E-state index in [0.717, 1.165) is 36.4 Å². The standard InChI is InChI=1S/C23H29FN4O2/c1-16-11-26(9-8-25-16)14-22(30)28-15-23(2,3)19-10-21(29)27(13-20(19)28)12-17-4-6-18(24)7-5-17/h4-7,10,13,16,25H,8-9,11-12,14-15H2,1-3H3/t16-/m1/s1. The van der Waals surface area contributed by atoms with Crippen molar-refractivity contribution in [3.8, 4) is 0 Å². The summed E-state index contributed by atoms with van der Waals surface area (Å²) in [7, 11) is 0. The number of anilines is 1. The van der Waals surface area contributed by atoms with Crippen molar-refractivity contribution in [1.82, 2.24) is 14.8 Å². The molecule has 160 valence electrons. The second-order valence-electron chi connectivity index (χ2n) is 9.12. The average Bonchev–Trinajstić information content (AvgIpc) is 2.94. The molecule has 3 heterocycles. The van der Waals surface area contributed by atoms with Crippen molar-refractivity contribution in [2.75, 3.05) is 37.6 Å².